The lowest BCUT2D eigenvalue weighted by atomic mass is 10.2. The number of amides is 1. The number of aromatic nitrogens is 2. The number of aryl methyl sites for hydroxylation is 1. The Hall–Kier alpha value is -1.88. The van der Waals surface area contributed by atoms with Crippen LogP contribution >= 0.6 is 0 Å². The Morgan fingerprint density at radius 2 is 2.17 bits per heavy atom. The third-order valence-corrected chi connectivity index (χ3v) is 2.94. The molecule has 5 nitrogen and oxygen atoms in total. The van der Waals surface area contributed by atoms with Crippen LogP contribution in [0.25, 0.3) is 10.9 Å². The Morgan fingerprint density at radius 3 is 2.89 bits per heavy atom. The minimum Gasteiger partial charge on any atom is -0.383 e. The number of hydrogen-bond acceptors (Lipinski definition) is 3. The molecule has 0 spiro atoms. The largest absolute Gasteiger partial charge is 0.383 e. The third-order valence-electron chi connectivity index (χ3n) is 2.94. The van der Waals surface area contributed by atoms with Crippen molar-refractivity contribution in [2.24, 2.45) is 7.05 Å². The molecule has 0 bridgehead atoms. The van der Waals surface area contributed by atoms with Crippen LogP contribution in [0.2, 0.25) is 0 Å². The number of hydrogen-bond donors (Lipinski definition) is 0. The van der Waals surface area contributed by atoms with Gasteiger partial charge in [0.15, 0.2) is 5.69 Å². The van der Waals surface area contributed by atoms with Gasteiger partial charge in [-0.25, -0.2) is 0 Å². The molecule has 0 aliphatic carbocycles. The predicted octanol–water partition coefficient (Wildman–Crippen LogP) is 1.29. The van der Waals surface area contributed by atoms with Crippen molar-refractivity contribution in [3.05, 3.63) is 30.0 Å². The van der Waals surface area contributed by atoms with E-state index in [1.165, 1.54) is 0 Å². The van der Waals surface area contributed by atoms with Crippen LogP contribution in [0.5, 0.6) is 0 Å². The van der Waals surface area contributed by atoms with Gasteiger partial charge in [-0.1, -0.05) is 18.2 Å². The van der Waals surface area contributed by atoms with Gasteiger partial charge < -0.3 is 9.64 Å². The molecule has 1 aromatic carbocycles. The van der Waals surface area contributed by atoms with Crippen LogP contribution in [0.15, 0.2) is 24.3 Å². The molecule has 1 aromatic heterocycles. The number of nitrogens with zero attached hydrogens (tertiary/aromatic N) is 3. The lowest BCUT2D eigenvalue weighted by molar-refractivity contribution is 0.0739. The maximum atomic E-state index is 12.3. The molecule has 1 amide bonds. The average molecular weight is 247 g/mol. The molecule has 0 N–H and O–H groups in total. The monoisotopic (exact) mass is 247 g/mol. The zero-order valence-corrected chi connectivity index (χ0v) is 10.9. The number of fused-ring (bicyclic) bond motifs is 1. The zero-order chi connectivity index (χ0) is 13.1. The zero-order valence-electron chi connectivity index (χ0n) is 10.9. The number of carbonyl (C=O) groups excluding carboxylic acids is 1. The molecule has 0 saturated heterocycles. The normalized spacial score (nSPS) is 10.8. The molecule has 0 atom stereocenters. The fourth-order valence-electron chi connectivity index (χ4n) is 1.88. The predicted molar refractivity (Wildman–Crippen MR) is 69.6 cm³/mol. The first-order valence-electron chi connectivity index (χ1n) is 5.81. The molecule has 1 heterocycles. The molecular formula is C13H17N3O2. The molecule has 0 unspecified atom stereocenters. The number of likely N-dealkylation sites (N-methyl/N-ethyl adjacent to an activating group) is 1. The van der Waals surface area contributed by atoms with Gasteiger partial charge in [0.1, 0.15) is 0 Å². The molecule has 0 fully saturated rings. The molecule has 0 aliphatic heterocycles. The van der Waals surface area contributed by atoms with Crippen molar-refractivity contribution in [3.63, 3.8) is 0 Å². The van der Waals surface area contributed by atoms with Crippen molar-refractivity contribution in [2.75, 3.05) is 27.3 Å². The SMILES string of the molecule is COCCN(C)C(=O)c1nn(C)c2ccccc12. The summed E-state index contributed by atoms with van der Waals surface area (Å²) in [4.78, 5) is 13.9. The van der Waals surface area contributed by atoms with Gasteiger partial charge >= 0.3 is 0 Å². The van der Waals surface area contributed by atoms with E-state index in [-0.39, 0.29) is 5.91 Å². The number of methoxy groups -OCH3 is 1. The van der Waals surface area contributed by atoms with Crippen molar-refractivity contribution in [1.29, 1.82) is 0 Å². The highest BCUT2D eigenvalue weighted by Crippen LogP contribution is 2.18. The van der Waals surface area contributed by atoms with E-state index in [0.717, 1.165) is 10.9 Å². The van der Waals surface area contributed by atoms with E-state index in [4.69, 9.17) is 4.74 Å². The van der Waals surface area contributed by atoms with Crippen molar-refractivity contribution in [1.82, 2.24) is 14.7 Å². The Bertz CT molecular complexity index is 562. The highest BCUT2D eigenvalue weighted by Gasteiger charge is 2.18. The van der Waals surface area contributed by atoms with Gasteiger partial charge in [0.2, 0.25) is 0 Å². The smallest absolute Gasteiger partial charge is 0.274 e. The minimum absolute atomic E-state index is 0.0798. The second-order valence-electron chi connectivity index (χ2n) is 4.21. The molecule has 18 heavy (non-hydrogen) atoms. The van der Waals surface area contributed by atoms with Crippen molar-refractivity contribution in [3.8, 4) is 0 Å². The van der Waals surface area contributed by atoms with Crippen LogP contribution in [0.3, 0.4) is 0 Å². The molecule has 0 saturated carbocycles. The Labute approximate surface area is 106 Å². The molecule has 96 valence electrons. The Morgan fingerprint density at radius 1 is 1.44 bits per heavy atom. The number of para-hydroxylation sites is 1. The summed E-state index contributed by atoms with van der Waals surface area (Å²) in [6.45, 7) is 1.08. The van der Waals surface area contributed by atoms with Gasteiger partial charge in [0.25, 0.3) is 5.91 Å². The van der Waals surface area contributed by atoms with Gasteiger partial charge in [-0.05, 0) is 6.07 Å². The highest BCUT2D eigenvalue weighted by molar-refractivity contribution is 6.04. The highest BCUT2D eigenvalue weighted by atomic mass is 16.5. The first kappa shape index (κ1) is 12.6. The summed E-state index contributed by atoms with van der Waals surface area (Å²) in [7, 11) is 5.22. The average Bonchev–Trinajstić information content (AvgIpc) is 2.73. The van der Waals surface area contributed by atoms with Crippen LogP contribution in [0.1, 0.15) is 10.5 Å². The first-order chi connectivity index (χ1) is 8.65. The molecule has 0 radical (unpaired) electrons. The fourth-order valence-corrected chi connectivity index (χ4v) is 1.88. The topological polar surface area (TPSA) is 47.4 Å². The minimum atomic E-state index is -0.0798. The van der Waals surface area contributed by atoms with Crippen molar-refractivity contribution < 1.29 is 9.53 Å². The standard InChI is InChI=1S/C13H17N3O2/c1-15(8-9-18-3)13(17)12-10-6-4-5-7-11(10)16(2)14-12/h4-7H,8-9H2,1-3H3. The van der Waals surface area contributed by atoms with Crippen LogP contribution in [-0.2, 0) is 11.8 Å². The quantitative estimate of drug-likeness (QED) is 0.818. The van der Waals surface area contributed by atoms with Crippen molar-refractivity contribution in [2.45, 2.75) is 0 Å². The number of rotatable bonds is 4. The van der Waals surface area contributed by atoms with Crippen LogP contribution in [0, 0.1) is 0 Å². The lowest BCUT2D eigenvalue weighted by Crippen LogP contribution is -2.30. The van der Waals surface area contributed by atoms with E-state index < -0.39 is 0 Å². The van der Waals surface area contributed by atoms with Crippen LogP contribution in [-0.4, -0.2) is 47.9 Å². The molecule has 2 aromatic rings. The fraction of sp³-hybridized carbons (Fsp3) is 0.385. The second-order valence-corrected chi connectivity index (χ2v) is 4.21. The Kier molecular flexibility index (Phi) is 3.62. The molecule has 2 rings (SSSR count). The van der Waals surface area contributed by atoms with Gasteiger partial charge in [-0.2, -0.15) is 5.10 Å². The summed E-state index contributed by atoms with van der Waals surface area (Å²) < 4.78 is 6.70. The maximum Gasteiger partial charge on any atom is 0.274 e. The summed E-state index contributed by atoms with van der Waals surface area (Å²) >= 11 is 0. The van der Waals surface area contributed by atoms with Gasteiger partial charge in [-0.15, -0.1) is 0 Å². The molecule has 5 heteroatoms. The second kappa shape index (κ2) is 5.18. The van der Waals surface area contributed by atoms with Gasteiger partial charge in [-0.3, -0.25) is 9.48 Å². The van der Waals surface area contributed by atoms with Gasteiger partial charge in [0, 0.05) is 33.1 Å². The van der Waals surface area contributed by atoms with Gasteiger partial charge in [0.05, 0.1) is 12.1 Å². The van der Waals surface area contributed by atoms with Crippen LogP contribution < -0.4 is 0 Å². The van der Waals surface area contributed by atoms with E-state index in [2.05, 4.69) is 5.10 Å². The van der Waals surface area contributed by atoms with E-state index >= 15 is 0 Å². The Balaban J connectivity index is 2.33. The summed E-state index contributed by atoms with van der Waals surface area (Å²) in [5, 5.41) is 5.19. The summed E-state index contributed by atoms with van der Waals surface area (Å²) in [6, 6.07) is 7.72. The summed E-state index contributed by atoms with van der Waals surface area (Å²) in [6.07, 6.45) is 0. The lowest BCUT2D eigenvalue weighted by Gasteiger charge is -2.15. The number of benzene rings is 1. The van der Waals surface area contributed by atoms with Crippen molar-refractivity contribution >= 4 is 16.8 Å². The van der Waals surface area contributed by atoms with Crippen LogP contribution in [0.4, 0.5) is 0 Å². The summed E-state index contributed by atoms with van der Waals surface area (Å²) in [5.41, 5.74) is 1.45. The first-order valence-corrected chi connectivity index (χ1v) is 5.81. The van der Waals surface area contributed by atoms with E-state index in [0.29, 0.717) is 18.8 Å². The third kappa shape index (κ3) is 2.22. The maximum absolute atomic E-state index is 12.3. The molecular weight excluding hydrogens is 230 g/mol. The van der Waals surface area contributed by atoms with E-state index in [1.54, 1.807) is 23.7 Å². The van der Waals surface area contributed by atoms with E-state index in [9.17, 15) is 4.79 Å². The number of ether oxygens (including phenoxy) is 1. The van der Waals surface area contributed by atoms with E-state index in [1.807, 2.05) is 31.3 Å². The molecule has 0 aliphatic rings. The summed E-state index contributed by atoms with van der Waals surface area (Å²) in [5.74, 6) is -0.0798. The number of carbonyl (C=O) groups is 1.